The number of hydrogen-bond donors (Lipinski definition) is 1. The van der Waals surface area contributed by atoms with Crippen LogP contribution in [0.2, 0.25) is 0 Å². The molecule has 0 saturated carbocycles. The summed E-state index contributed by atoms with van der Waals surface area (Å²) in [7, 11) is 0. The fourth-order valence-corrected chi connectivity index (χ4v) is 2.48. The molecule has 5 heteroatoms. The highest BCUT2D eigenvalue weighted by molar-refractivity contribution is 7.98. The van der Waals surface area contributed by atoms with Gasteiger partial charge in [-0.25, -0.2) is 0 Å². The summed E-state index contributed by atoms with van der Waals surface area (Å²) >= 11 is 1.82. The smallest absolute Gasteiger partial charge is 0.221 e. The first kappa shape index (κ1) is 15.4. The maximum atomic E-state index is 10.9. The summed E-state index contributed by atoms with van der Waals surface area (Å²) in [4.78, 5) is 15.0. The maximum Gasteiger partial charge on any atom is 0.221 e. The Morgan fingerprint density at radius 3 is 2.76 bits per heavy atom. The van der Waals surface area contributed by atoms with Gasteiger partial charge in [0.1, 0.15) is 5.75 Å². The number of nitrogens with zero attached hydrogens (tertiary/aromatic N) is 1. The highest BCUT2D eigenvalue weighted by Gasteiger charge is 1.98. The highest BCUT2D eigenvalue weighted by atomic mass is 32.2. The number of carbonyl (C=O) groups excluding carboxylic acids is 1. The van der Waals surface area contributed by atoms with Crippen LogP contribution in [0, 0.1) is 0 Å². The highest BCUT2D eigenvalue weighted by Crippen LogP contribution is 2.16. The molecule has 0 bridgehead atoms. The molecule has 1 aromatic carbocycles. The van der Waals surface area contributed by atoms with Crippen LogP contribution >= 0.6 is 11.8 Å². The summed E-state index contributed by atoms with van der Waals surface area (Å²) in [5.74, 6) is 2.60. The maximum absolute atomic E-state index is 10.9. The minimum atomic E-state index is -0.0736. The molecule has 21 heavy (non-hydrogen) atoms. The van der Waals surface area contributed by atoms with Gasteiger partial charge in [0.2, 0.25) is 5.91 Å². The average Bonchev–Trinajstić information content (AvgIpc) is 2.49. The largest absolute Gasteiger partial charge is 0.493 e. The van der Waals surface area contributed by atoms with Gasteiger partial charge < -0.3 is 10.1 Å². The molecule has 2 aromatic rings. The molecule has 0 aliphatic carbocycles. The van der Waals surface area contributed by atoms with Gasteiger partial charge in [-0.05, 0) is 35.9 Å². The van der Waals surface area contributed by atoms with E-state index in [1.165, 1.54) is 12.5 Å². The lowest BCUT2D eigenvalue weighted by Gasteiger charge is -2.07. The third-order valence-electron chi connectivity index (χ3n) is 2.66. The molecular weight excluding hydrogens is 284 g/mol. The third kappa shape index (κ3) is 5.87. The molecule has 0 aliphatic rings. The molecule has 0 radical (unpaired) electrons. The molecule has 0 unspecified atom stereocenters. The minimum absolute atomic E-state index is 0.0736. The number of benzene rings is 1. The summed E-state index contributed by atoms with van der Waals surface area (Å²) in [6, 6.07) is 11.4. The number of nitrogens with one attached hydrogen (secondary N) is 1. The molecule has 1 heterocycles. The Morgan fingerprint density at radius 1 is 1.29 bits per heavy atom. The van der Waals surface area contributed by atoms with Gasteiger partial charge in [0.15, 0.2) is 0 Å². The third-order valence-corrected chi connectivity index (χ3v) is 3.66. The monoisotopic (exact) mass is 302 g/mol. The fourth-order valence-electron chi connectivity index (χ4n) is 1.73. The lowest BCUT2D eigenvalue weighted by Crippen LogP contribution is -2.05. The zero-order chi connectivity index (χ0) is 14.9. The lowest BCUT2D eigenvalue weighted by molar-refractivity contribution is -0.114. The molecule has 1 amide bonds. The van der Waals surface area contributed by atoms with Crippen LogP contribution < -0.4 is 10.1 Å². The lowest BCUT2D eigenvalue weighted by atomic mass is 10.3. The van der Waals surface area contributed by atoms with E-state index in [-0.39, 0.29) is 5.91 Å². The van der Waals surface area contributed by atoms with E-state index in [9.17, 15) is 4.79 Å². The summed E-state index contributed by atoms with van der Waals surface area (Å²) in [6.07, 6.45) is 3.66. The molecule has 0 fully saturated rings. The van der Waals surface area contributed by atoms with Gasteiger partial charge in [0, 0.05) is 36.5 Å². The molecule has 110 valence electrons. The van der Waals surface area contributed by atoms with Crippen LogP contribution in [0.1, 0.15) is 12.5 Å². The van der Waals surface area contributed by atoms with Gasteiger partial charge in [-0.15, -0.1) is 0 Å². The van der Waals surface area contributed by atoms with E-state index in [0.717, 1.165) is 22.9 Å². The van der Waals surface area contributed by atoms with E-state index >= 15 is 0 Å². The Kier molecular flexibility index (Phi) is 6.09. The van der Waals surface area contributed by atoms with Crippen LogP contribution in [0.15, 0.2) is 48.8 Å². The van der Waals surface area contributed by atoms with Crippen LogP contribution in [0.3, 0.4) is 0 Å². The summed E-state index contributed by atoms with van der Waals surface area (Å²) in [6.45, 7) is 2.15. The second kappa shape index (κ2) is 8.32. The van der Waals surface area contributed by atoms with E-state index in [2.05, 4.69) is 16.4 Å². The van der Waals surface area contributed by atoms with Crippen molar-refractivity contribution in [1.29, 1.82) is 0 Å². The number of ether oxygens (including phenoxy) is 1. The second-order valence-corrected chi connectivity index (χ2v) is 5.57. The molecular formula is C16H18N2O2S. The Balaban J connectivity index is 1.65. The Labute approximate surface area is 128 Å². The quantitative estimate of drug-likeness (QED) is 0.797. The predicted molar refractivity (Wildman–Crippen MR) is 86.6 cm³/mol. The number of thioether (sulfide) groups is 1. The van der Waals surface area contributed by atoms with Gasteiger partial charge in [0.05, 0.1) is 6.61 Å². The zero-order valence-electron chi connectivity index (χ0n) is 11.9. The fraction of sp³-hybridized carbons (Fsp3) is 0.250. The molecule has 1 aromatic heterocycles. The Bertz CT molecular complexity index is 558. The SMILES string of the molecule is CC(=O)Nc1ccc(OCCSCc2cccnc2)cc1. The molecule has 4 nitrogen and oxygen atoms in total. The van der Waals surface area contributed by atoms with Crippen LogP contribution in [0.5, 0.6) is 5.75 Å². The van der Waals surface area contributed by atoms with Crippen molar-refractivity contribution in [2.24, 2.45) is 0 Å². The number of carbonyl (C=O) groups is 1. The second-order valence-electron chi connectivity index (χ2n) is 4.47. The van der Waals surface area contributed by atoms with Gasteiger partial charge >= 0.3 is 0 Å². The minimum Gasteiger partial charge on any atom is -0.493 e. The van der Waals surface area contributed by atoms with Crippen LogP contribution in [-0.2, 0) is 10.5 Å². The molecule has 2 rings (SSSR count). The first-order valence-corrected chi connectivity index (χ1v) is 7.86. The van der Waals surface area contributed by atoms with E-state index in [0.29, 0.717) is 6.61 Å². The van der Waals surface area contributed by atoms with Gasteiger partial charge in [-0.2, -0.15) is 11.8 Å². The van der Waals surface area contributed by atoms with Crippen LogP contribution in [0.25, 0.3) is 0 Å². The van der Waals surface area contributed by atoms with E-state index < -0.39 is 0 Å². The van der Waals surface area contributed by atoms with Crippen molar-refractivity contribution < 1.29 is 9.53 Å². The number of anilines is 1. The number of rotatable bonds is 7. The van der Waals surface area contributed by atoms with E-state index in [1.54, 1.807) is 6.20 Å². The van der Waals surface area contributed by atoms with Crippen LogP contribution in [0.4, 0.5) is 5.69 Å². The number of hydrogen-bond acceptors (Lipinski definition) is 4. The number of pyridine rings is 1. The first-order valence-electron chi connectivity index (χ1n) is 6.71. The Morgan fingerprint density at radius 2 is 2.10 bits per heavy atom. The number of aromatic nitrogens is 1. The zero-order valence-corrected chi connectivity index (χ0v) is 12.7. The first-order chi connectivity index (χ1) is 10.2. The van der Waals surface area contributed by atoms with E-state index in [1.807, 2.05) is 48.3 Å². The average molecular weight is 302 g/mol. The molecule has 0 spiro atoms. The number of amides is 1. The predicted octanol–water partition coefficient (Wildman–Crippen LogP) is 3.35. The summed E-state index contributed by atoms with van der Waals surface area (Å²) in [5, 5.41) is 2.72. The van der Waals surface area contributed by atoms with E-state index in [4.69, 9.17) is 4.74 Å². The molecule has 0 aliphatic heterocycles. The van der Waals surface area contributed by atoms with Crippen molar-refractivity contribution in [2.75, 3.05) is 17.7 Å². The van der Waals surface area contributed by atoms with Crippen LogP contribution in [-0.4, -0.2) is 23.3 Å². The van der Waals surface area contributed by atoms with Crippen molar-refractivity contribution in [3.8, 4) is 5.75 Å². The topological polar surface area (TPSA) is 51.2 Å². The van der Waals surface area contributed by atoms with Crippen molar-refractivity contribution in [2.45, 2.75) is 12.7 Å². The Hall–Kier alpha value is -2.01. The van der Waals surface area contributed by atoms with Gasteiger partial charge in [-0.3, -0.25) is 9.78 Å². The molecule has 0 atom stereocenters. The normalized spacial score (nSPS) is 10.1. The van der Waals surface area contributed by atoms with Crippen molar-refractivity contribution >= 4 is 23.4 Å². The van der Waals surface area contributed by atoms with Gasteiger partial charge in [0.25, 0.3) is 0 Å². The molecule has 1 N–H and O–H groups in total. The summed E-state index contributed by atoms with van der Waals surface area (Å²) in [5.41, 5.74) is 2.00. The van der Waals surface area contributed by atoms with Gasteiger partial charge in [-0.1, -0.05) is 6.07 Å². The van der Waals surface area contributed by atoms with Crippen molar-refractivity contribution in [1.82, 2.24) is 4.98 Å². The standard InChI is InChI=1S/C16H18N2O2S/c1-13(19)18-15-4-6-16(7-5-15)20-9-10-21-12-14-3-2-8-17-11-14/h2-8,11H,9-10,12H2,1H3,(H,18,19). The summed E-state index contributed by atoms with van der Waals surface area (Å²) < 4.78 is 5.65. The van der Waals surface area contributed by atoms with Crippen molar-refractivity contribution in [3.63, 3.8) is 0 Å². The van der Waals surface area contributed by atoms with Crippen molar-refractivity contribution in [3.05, 3.63) is 54.4 Å². The molecule has 0 saturated heterocycles.